The van der Waals surface area contributed by atoms with Crippen molar-refractivity contribution in [2.45, 2.75) is 52.0 Å². The topological polar surface area (TPSA) is 26.0 Å². The molecule has 0 spiro atoms. The Labute approximate surface area is 119 Å². The van der Waals surface area contributed by atoms with Gasteiger partial charge in [0.25, 0.3) is 0 Å². The van der Waals surface area contributed by atoms with E-state index in [-0.39, 0.29) is 6.04 Å². The number of hydrogen-bond donors (Lipinski definition) is 1. The summed E-state index contributed by atoms with van der Waals surface area (Å²) < 4.78 is 1.14. The Balaban J connectivity index is 2.14. The second-order valence-electron chi connectivity index (χ2n) is 5.73. The van der Waals surface area contributed by atoms with Gasteiger partial charge in [-0.2, -0.15) is 0 Å². The zero-order valence-corrected chi connectivity index (χ0v) is 13.0. The molecule has 1 aromatic rings. The van der Waals surface area contributed by atoms with Crippen LogP contribution in [0.1, 0.15) is 56.2 Å². The van der Waals surface area contributed by atoms with Gasteiger partial charge in [-0.25, -0.2) is 0 Å². The molecule has 3 atom stereocenters. The average Bonchev–Trinajstić information content (AvgIpc) is 2.41. The van der Waals surface area contributed by atoms with Crippen molar-refractivity contribution in [1.29, 1.82) is 0 Å². The zero-order valence-electron chi connectivity index (χ0n) is 11.5. The summed E-state index contributed by atoms with van der Waals surface area (Å²) in [5.74, 6) is 1.55. The van der Waals surface area contributed by atoms with Gasteiger partial charge in [0.1, 0.15) is 0 Å². The molecule has 0 saturated heterocycles. The minimum atomic E-state index is 0.205. The number of hydrogen-bond acceptors (Lipinski definition) is 1. The highest BCUT2D eigenvalue weighted by molar-refractivity contribution is 9.10. The summed E-state index contributed by atoms with van der Waals surface area (Å²) in [6, 6.07) is 6.67. The molecule has 1 nitrogen and oxygen atoms in total. The van der Waals surface area contributed by atoms with Crippen LogP contribution in [0.3, 0.4) is 0 Å². The Kier molecular flexibility index (Phi) is 4.85. The smallest absolute Gasteiger partial charge is 0.0326 e. The van der Waals surface area contributed by atoms with Crippen LogP contribution < -0.4 is 5.73 Å². The van der Waals surface area contributed by atoms with Crippen LogP contribution in [0.15, 0.2) is 22.7 Å². The fourth-order valence-electron chi connectivity index (χ4n) is 3.25. The molecule has 1 fully saturated rings. The van der Waals surface area contributed by atoms with Gasteiger partial charge in [-0.05, 0) is 54.9 Å². The van der Waals surface area contributed by atoms with Crippen molar-refractivity contribution in [3.8, 4) is 0 Å². The number of halogens is 1. The number of benzene rings is 1. The molecular formula is C16H24BrN. The molecule has 0 bridgehead atoms. The largest absolute Gasteiger partial charge is 0.324 e. The van der Waals surface area contributed by atoms with Gasteiger partial charge in [-0.15, -0.1) is 0 Å². The van der Waals surface area contributed by atoms with E-state index >= 15 is 0 Å². The first-order chi connectivity index (χ1) is 8.61. The van der Waals surface area contributed by atoms with Crippen LogP contribution in [0.25, 0.3) is 0 Å². The molecule has 1 saturated carbocycles. The van der Waals surface area contributed by atoms with E-state index in [4.69, 9.17) is 5.73 Å². The third kappa shape index (κ3) is 3.16. The predicted octanol–water partition coefficient (Wildman–Crippen LogP) is 4.97. The molecule has 0 amide bonds. The van der Waals surface area contributed by atoms with Gasteiger partial charge >= 0.3 is 0 Å². The molecule has 1 aromatic carbocycles. The molecule has 0 heterocycles. The summed E-state index contributed by atoms with van der Waals surface area (Å²) in [5.41, 5.74) is 9.18. The second-order valence-corrected chi connectivity index (χ2v) is 6.64. The lowest BCUT2D eigenvalue weighted by atomic mass is 9.75. The Morgan fingerprint density at radius 3 is 2.89 bits per heavy atom. The van der Waals surface area contributed by atoms with Crippen LogP contribution in [-0.2, 0) is 0 Å². The molecule has 3 unspecified atom stereocenters. The predicted molar refractivity (Wildman–Crippen MR) is 81.5 cm³/mol. The summed E-state index contributed by atoms with van der Waals surface area (Å²) in [6.07, 6.45) is 6.66. The van der Waals surface area contributed by atoms with Gasteiger partial charge < -0.3 is 5.73 Å². The summed E-state index contributed by atoms with van der Waals surface area (Å²) in [5, 5.41) is 0. The second kappa shape index (κ2) is 6.21. The molecule has 18 heavy (non-hydrogen) atoms. The van der Waals surface area contributed by atoms with E-state index in [1.54, 1.807) is 0 Å². The highest BCUT2D eigenvalue weighted by Gasteiger charge is 2.27. The third-order valence-electron chi connectivity index (χ3n) is 4.51. The van der Waals surface area contributed by atoms with Gasteiger partial charge in [-0.3, -0.25) is 0 Å². The van der Waals surface area contributed by atoms with Crippen LogP contribution in [0, 0.1) is 18.8 Å². The van der Waals surface area contributed by atoms with Gasteiger partial charge in [0.15, 0.2) is 0 Å². The number of aryl methyl sites for hydroxylation is 1. The molecule has 2 heteroatoms. The molecule has 2 N–H and O–H groups in total. The fourth-order valence-corrected chi connectivity index (χ4v) is 3.63. The van der Waals surface area contributed by atoms with E-state index in [1.807, 2.05) is 0 Å². The van der Waals surface area contributed by atoms with Crippen molar-refractivity contribution in [1.82, 2.24) is 0 Å². The average molecular weight is 310 g/mol. The van der Waals surface area contributed by atoms with Crippen molar-refractivity contribution < 1.29 is 0 Å². The van der Waals surface area contributed by atoms with Gasteiger partial charge in [-0.1, -0.05) is 48.2 Å². The Morgan fingerprint density at radius 1 is 1.39 bits per heavy atom. The van der Waals surface area contributed by atoms with Crippen molar-refractivity contribution in [2.75, 3.05) is 0 Å². The van der Waals surface area contributed by atoms with Gasteiger partial charge in [0.2, 0.25) is 0 Å². The minimum Gasteiger partial charge on any atom is -0.324 e. The normalized spacial score (nSPS) is 26.0. The maximum absolute atomic E-state index is 6.54. The highest BCUT2D eigenvalue weighted by Crippen LogP contribution is 2.38. The number of rotatable bonds is 3. The van der Waals surface area contributed by atoms with E-state index in [9.17, 15) is 0 Å². The van der Waals surface area contributed by atoms with Gasteiger partial charge in [0, 0.05) is 10.5 Å². The highest BCUT2D eigenvalue weighted by atomic mass is 79.9. The lowest BCUT2D eigenvalue weighted by Crippen LogP contribution is -2.27. The van der Waals surface area contributed by atoms with Crippen molar-refractivity contribution in [3.63, 3.8) is 0 Å². The summed E-state index contributed by atoms with van der Waals surface area (Å²) in [4.78, 5) is 0. The Morgan fingerprint density at radius 2 is 2.17 bits per heavy atom. The summed E-state index contributed by atoms with van der Waals surface area (Å²) >= 11 is 3.56. The molecular weight excluding hydrogens is 286 g/mol. The van der Waals surface area contributed by atoms with E-state index in [0.717, 1.165) is 10.4 Å². The Bertz CT molecular complexity index is 402. The van der Waals surface area contributed by atoms with Gasteiger partial charge in [0.05, 0.1) is 0 Å². The zero-order chi connectivity index (χ0) is 13.1. The van der Waals surface area contributed by atoms with Crippen LogP contribution in [0.5, 0.6) is 0 Å². The first-order valence-corrected chi connectivity index (χ1v) is 7.92. The monoisotopic (exact) mass is 309 g/mol. The van der Waals surface area contributed by atoms with Crippen molar-refractivity contribution in [3.05, 3.63) is 33.8 Å². The summed E-state index contributed by atoms with van der Waals surface area (Å²) in [6.45, 7) is 4.48. The standard InChI is InChI=1S/C16H24BrN/c1-3-12-5-4-6-13(9-12)16(18)15-10-14(17)8-7-11(15)2/h7-8,10,12-13,16H,3-6,9,18H2,1-2H3. The lowest BCUT2D eigenvalue weighted by Gasteiger charge is -2.33. The van der Waals surface area contributed by atoms with E-state index in [2.05, 4.69) is 48.0 Å². The van der Waals surface area contributed by atoms with E-state index in [1.165, 1.54) is 43.2 Å². The van der Waals surface area contributed by atoms with Crippen LogP contribution in [0.2, 0.25) is 0 Å². The van der Waals surface area contributed by atoms with E-state index in [0.29, 0.717) is 5.92 Å². The third-order valence-corrected chi connectivity index (χ3v) is 5.00. The molecule has 1 aliphatic carbocycles. The molecule has 2 rings (SSSR count). The lowest BCUT2D eigenvalue weighted by molar-refractivity contribution is 0.230. The number of nitrogens with two attached hydrogens (primary N) is 1. The maximum atomic E-state index is 6.54. The SMILES string of the molecule is CCC1CCCC(C(N)c2cc(Br)ccc2C)C1. The summed E-state index contributed by atoms with van der Waals surface area (Å²) in [7, 11) is 0. The quantitative estimate of drug-likeness (QED) is 0.837. The van der Waals surface area contributed by atoms with Crippen LogP contribution in [0.4, 0.5) is 0 Å². The first kappa shape index (κ1) is 14.1. The van der Waals surface area contributed by atoms with Crippen LogP contribution in [-0.4, -0.2) is 0 Å². The molecule has 0 aromatic heterocycles. The minimum absolute atomic E-state index is 0.205. The maximum Gasteiger partial charge on any atom is 0.0326 e. The van der Waals surface area contributed by atoms with Crippen molar-refractivity contribution in [2.24, 2.45) is 17.6 Å². The van der Waals surface area contributed by atoms with Crippen molar-refractivity contribution >= 4 is 15.9 Å². The molecule has 1 aliphatic rings. The van der Waals surface area contributed by atoms with E-state index < -0.39 is 0 Å². The van der Waals surface area contributed by atoms with Crippen LogP contribution >= 0.6 is 15.9 Å². The first-order valence-electron chi connectivity index (χ1n) is 7.13. The molecule has 0 aliphatic heterocycles. The Hall–Kier alpha value is -0.340. The molecule has 100 valence electrons. The fraction of sp³-hybridized carbons (Fsp3) is 0.625. The molecule has 0 radical (unpaired) electrons.